The molecule has 0 aliphatic carbocycles. The third kappa shape index (κ3) is 5.30. The van der Waals surface area contributed by atoms with E-state index in [1.54, 1.807) is 11.3 Å². The molecule has 5 nitrogen and oxygen atoms in total. The van der Waals surface area contributed by atoms with Crippen LogP contribution in [0.25, 0.3) is 0 Å². The number of carboxylic acid groups (broad SMARTS) is 1. The SMILES string of the molecule is Cc1ccsc1CNC(=O)N[C@H](CC(C)C)C(=O)O. The highest BCUT2D eigenvalue weighted by molar-refractivity contribution is 7.10. The zero-order chi connectivity index (χ0) is 14.4. The second-order valence-corrected chi connectivity index (χ2v) is 5.87. The van der Waals surface area contributed by atoms with Gasteiger partial charge in [-0.1, -0.05) is 13.8 Å². The molecule has 1 aromatic rings. The maximum Gasteiger partial charge on any atom is 0.326 e. The molecule has 6 heteroatoms. The van der Waals surface area contributed by atoms with Gasteiger partial charge in [0.25, 0.3) is 0 Å². The third-order valence-corrected chi connectivity index (χ3v) is 3.71. The predicted octanol–water partition coefficient (Wildman–Crippen LogP) is 2.36. The van der Waals surface area contributed by atoms with Crippen LogP contribution in [0.15, 0.2) is 11.4 Å². The average molecular weight is 284 g/mol. The van der Waals surface area contributed by atoms with E-state index in [-0.39, 0.29) is 5.92 Å². The summed E-state index contributed by atoms with van der Waals surface area (Å²) in [4.78, 5) is 23.8. The van der Waals surface area contributed by atoms with Crippen molar-refractivity contribution < 1.29 is 14.7 Å². The number of nitrogens with one attached hydrogen (secondary N) is 2. The monoisotopic (exact) mass is 284 g/mol. The second kappa shape index (κ2) is 7.13. The molecule has 0 radical (unpaired) electrons. The van der Waals surface area contributed by atoms with Crippen LogP contribution in [0.1, 0.15) is 30.7 Å². The average Bonchev–Trinajstić information content (AvgIpc) is 2.70. The largest absolute Gasteiger partial charge is 0.480 e. The number of carbonyl (C=O) groups is 2. The molecule has 0 aliphatic rings. The van der Waals surface area contributed by atoms with Crippen molar-refractivity contribution in [1.29, 1.82) is 0 Å². The summed E-state index contributed by atoms with van der Waals surface area (Å²) in [7, 11) is 0. The minimum Gasteiger partial charge on any atom is -0.480 e. The van der Waals surface area contributed by atoms with Crippen molar-refractivity contribution in [2.24, 2.45) is 5.92 Å². The Labute approximate surface area is 117 Å². The van der Waals surface area contributed by atoms with Crippen LogP contribution in [-0.4, -0.2) is 23.1 Å². The van der Waals surface area contributed by atoms with E-state index in [0.717, 1.165) is 10.4 Å². The first-order chi connectivity index (χ1) is 8.90. The van der Waals surface area contributed by atoms with Gasteiger partial charge in [-0.05, 0) is 36.3 Å². The van der Waals surface area contributed by atoms with Gasteiger partial charge >= 0.3 is 12.0 Å². The number of amides is 2. The van der Waals surface area contributed by atoms with Crippen LogP contribution in [0.5, 0.6) is 0 Å². The van der Waals surface area contributed by atoms with Gasteiger partial charge in [0.05, 0.1) is 6.54 Å². The molecule has 2 amide bonds. The first-order valence-electron chi connectivity index (χ1n) is 6.20. The maximum atomic E-state index is 11.7. The van der Waals surface area contributed by atoms with Crippen molar-refractivity contribution in [3.63, 3.8) is 0 Å². The lowest BCUT2D eigenvalue weighted by Gasteiger charge is -2.16. The molecule has 0 fully saturated rings. The molecular formula is C13H20N2O3S. The summed E-state index contributed by atoms with van der Waals surface area (Å²) in [6.07, 6.45) is 0.417. The Kier molecular flexibility index (Phi) is 5.82. The van der Waals surface area contributed by atoms with Crippen LogP contribution in [0, 0.1) is 12.8 Å². The third-order valence-electron chi connectivity index (χ3n) is 2.69. The van der Waals surface area contributed by atoms with E-state index in [9.17, 15) is 9.59 Å². The van der Waals surface area contributed by atoms with Crippen LogP contribution >= 0.6 is 11.3 Å². The Morgan fingerprint density at radius 3 is 2.58 bits per heavy atom. The lowest BCUT2D eigenvalue weighted by molar-refractivity contribution is -0.139. The van der Waals surface area contributed by atoms with Gasteiger partial charge in [0.15, 0.2) is 0 Å². The van der Waals surface area contributed by atoms with Crippen molar-refractivity contribution in [2.75, 3.05) is 0 Å². The number of aryl methyl sites for hydroxylation is 1. The Hall–Kier alpha value is -1.56. The van der Waals surface area contributed by atoms with Crippen LogP contribution in [0.2, 0.25) is 0 Å². The first-order valence-corrected chi connectivity index (χ1v) is 7.08. The first kappa shape index (κ1) is 15.5. The van der Waals surface area contributed by atoms with Crippen molar-refractivity contribution in [3.8, 4) is 0 Å². The fourth-order valence-corrected chi connectivity index (χ4v) is 2.49. The number of carbonyl (C=O) groups excluding carboxylic acids is 1. The smallest absolute Gasteiger partial charge is 0.326 e. The molecule has 0 aromatic carbocycles. The number of aliphatic carboxylic acids is 1. The molecule has 0 saturated carbocycles. The zero-order valence-electron chi connectivity index (χ0n) is 11.4. The van der Waals surface area contributed by atoms with Crippen LogP contribution in [0.3, 0.4) is 0 Å². The van der Waals surface area contributed by atoms with E-state index < -0.39 is 18.0 Å². The summed E-state index contributed by atoms with van der Waals surface area (Å²) in [5.74, 6) is -0.794. The van der Waals surface area contributed by atoms with Crippen molar-refractivity contribution in [3.05, 3.63) is 21.9 Å². The Morgan fingerprint density at radius 1 is 1.42 bits per heavy atom. The summed E-state index contributed by atoms with van der Waals surface area (Å²) >= 11 is 1.57. The Bertz CT molecular complexity index is 443. The number of rotatable bonds is 6. The topological polar surface area (TPSA) is 78.4 Å². The molecule has 0 spiro atoms. The van der Waals surface area contributed by atoms with Gasteiger partial charge < -0.3 is 15.7 Å². The minimum atomic E-state index is -1.00. The lowest BCUT2D eigenvalue weighted by atomic mass is 10.0. The number of hydrogen-bond acceptors (Lipinski definition) is 3. The predicted molar refractivity (Wildman–Crippen MR) is 75.3 cm³/mol. The second-order valence-electron chi connectivity index (χ2n) is 4.87. The van der Waals surface area contributed by atoms with Gasteiger partial charge in [-0.15, -0.1) is 11.3 Å². The summed E-state index contributed by atoms with van der Waals surface area (Å²) in [5, 5.41) is 16.2. The van der Waals surface area contributed by atoms with Crippen LogP contribution < -0.4 is 10.6 Å². The van der Waals surface area contributed by atoms with Gasteiger partial charge in [0.1, 0.15) is 6.04 Å². The fraction of sp³-hybridized carbons (Fsp3) is 0.538. The minimum absolute atomic E-state index is 0.209. The van der Waals surface area contributed by atoms with Gasteiger partial charge in [-0.2, -0.15) is 0 Å². The number of urea groups is 1. The van der Waals surface area contributed by atoms with E-state index in [0.29, 0.717) is 13.0 Å². The molecule has 0 aliphatic heterocycles. The highest BCUT2D eigenvalue weighted by Crippen LogP contribution is 2.14. The Morgan fingerprint density at radius 2 is 2.11 bits per heavy atom. The quantitative estimate of drug-likeness (QED) is 0.750. The molecule has 106 valence electrons. The summed E-state index contributed by atoms with van der Waals surface area (Å²) in [5.41, 5.74) is 1.13. The van der Waals surface area contributed by atoms with Crippen LogP contribution in [-0.2, 0) is 11.3 Å². The highest BCUT2D eigenvalue weighted by Gasteiger charge is 2.20. The number of thiophene rings is 1. The fourth-order valence-electron chi connectivity index (χ4n) is 1.65. The molecule has 1 atom stereocenters. The molecule has 1 aromatic heterocycles. The Balaban J connectivity index is 2.45. The molecule has 0 unspecified atom stereocenters. The van der Waals surface area contributed by atoms with Crippen molar-refractivity contribution >= 4 is 23.3 Å². The normalized spacial score (nSPS) is 12.2. The molecule has 0 bridgehead atoms. The summed E-state index contributed by atoms with van der Waals surface area (Å²) in [6, 6.07) is 0.698. The molecule has 19 heavy (non-hydrogen) atoms. The molecule has 0 saturated heterocycles. The van der Waals surface area contributed by atoms with Gasteiger partial charge in [0, 0.05) is 4.88 Å². The van der Waals surface area contributed by atoms with E-state index in [4.69, 9.17) is 5.11 Å². The standard InChI is InChI=1S/C13H20N2O3S/c1-8(2)6-10(12(16)17)15-13(18)14-7-11-9(3)4-5-19-11/h4-5,8,10H,6-7H2,1-3H3,(H,16,17)(H2,14,15,18)/t10-/m1/s1. The van der Waals surface area contributed by atoms with Crippen molar-refractivity contribution in [1.82, 2.24) is 10.6 Å². The number of carboxylic acids is 1. The molecular weight excluding hydrogens is 264 g/mol. The van der Waals surface area contributed by atoms with Gasteiger partial charge in [-0.25, -0.2) is 9.59 Å². The van der Waals surface area contributed by atoms with E-state index in [2.05, 4.69) is 10.6 Å². The number of hydrogen-bond donors (Lipinski definition) is 3. The van der Waals surface area contributed by atoms with Crippen molar-refractivity contribution in [2.45, 2.75) is 39.8 Å². The van der Waals surface area contributed by atoms with E-state index >= 15 is 0 Å². The van der Waals surface area contributed by atoms with E-state index in [1.165, 1.54) is 0 Å². The summed E-state index contributed by atoms with van der Waals surface area (Å²) < 4.78 is 0. The molecule has 1 heterocycles. The zero-order valence-corrected chi connectivity index (χ0v) is 12.2. The molecule has 1 rings (SSSR count). The van der Waals surface area contributed by atoms with Gasteiger partial charge in [0.2, 0.25) is 0 Å². The van der Waals surface area contributed by atoms with Crippen LogP contribution in [0.4, 0.5) is 4.79 Å². The molecule has 3 N–H and O–H groups in total. The van der Waals surface area contributed by atoms with Gasteiger partial charge in [-0.3, -0.25) is 0 Å². The maximum absolute atomic E-state index is 11.7. The lowest BCUT2D eigenvalue weighted by Crippen LogP contribution is -2.46. The van der Waals surface area contributed by atoms with E-state index in [1.807, 2.05) is 32.2 Å². The highest BCUT2D eigenvalue weighted by atomic mass is 32.1. The summed E-state index contributed by atoms with van der Waals surface area (Å²) in [6.45, 7) is 6.24.